The average molecular weight is 654 g/mol. The normalized spacial score (nSPS) is 13.1. The number of nitrogens with zero attached hydrogens (tertiary/aromatic N) is 3. The van der Waals surface area contributed by atoms with Gasteiger partial charge in [-0.05, 0) is 105 Å². The molecule has 0 saturated heterocycles. The van der Waals surface area contributed by atoms with Gasteiger partial charge in [-0.25, -0.2) is 0 Å². The Morgan fingerprint density at radius 1 is 0.471 bits per heavy atom. The second-order valence-corrected chi connectivity index (χ2v) is 14.0. The van der Waals surface area contributed by atoms with Gasteiger partial charge in [0.25, 0.3) is 0 Å². The molecule has 0 saturated carbocycles. The molecule has 0 radical (unpaired) electrons. The quantitative estimate of drug-likeness (QED) is 0.184. The molecule has 2 heterocycles. The standard InChI is InChI=1S/C48H35N3/c1-48(2)43-18-10-8-15-38(43)39-22-20-35(31-44(39)48)50(46-25-23-36(32-26-28-49-29-27-32)37-14-6-7-16-40(37)46)34-21-24-47-42(30-34)41-17-9-11-19-45(41)51(47)33-12-4-3-5-13-33/h3-31H,1-2H3. The van der Waals surface area contributed by atoms with Gasteiger partial charge >= 0.3 is 0 Å². The molecule has 242 valence electrons. The number of anilines is 3. The topological polar surface area (TPSA) is 21.1 Å². The van der Waals surface area contributed by atoms with Gasteiger partial charge in [-0.3, -0.25) is 4.98 Å². The van der Waals surface area contributed by atoms with Crippen molar-refractivity contribution in [1.82, 2.24) is 9.55 Å². The van der Waals surface area contributed by atoms with Crippen LogP contribution < -0.4 is 4.90 Å². The highest BCUT2D eigenvalue weighted by Gasteiger charge is 2.36. The lowest BCUT2D eigenvalue weighted by molar-refractivity contribution is 0.660. The smallest absolute Gasteiger partial charge is 0.0542 e. The monoisotopic (exact) mass is 653 g/mol. The van der Waals surface area contributed by atoms with Crippen LogP contribution in [0.4, 0.5) is 17.1 Å². The largest absolute Gasteiger partial charge is 0.310 e. The van der Waals surface area contributed by atoms with E-state index in [0.29, 0.717) is 0 Å². The minimum absolute atomic E-state index is 0.117. The fraction of sp³-hybridized carbons (Fsp3) is 0.0625. The van der Waals surface area contributed by atoms with E-state index < -0.39 is 0 Å². The van der Waals surface area contributed by atoms with Crippen LogP contribution in [0.25, 0.3) is 60.5 Å². The number of fused-ring (bicyclic) bond motifs is 7. The zero-order chi connectivity index (χ0) is 34.1. The van der Waals surface area contributed by atoms with E-state index in [1.54, 1.807) is 0 Å². The Labute approximate surface area is 297 Å². The molecule has 7 aromatic carbocycles. The fourth-order valence-electron chi connectivity index (χ4n) is 8.48. The van der Waals surface area contributed by atoms with Gasteiger partial charge in [0.2, 0.25) is 0 Å². The van der Waals surface area contributed by atoms with E-state index >= 15 is 0 Å². The van der Waals surface area contributed by atoms with Crippen molar-refractivity contribution < 1.29 is 0 Å². The molecule has 1 aliphatic carbocycles. The molecule has 3 heteroatoms. The van der Waals surface area contributed by atoms with Crippen LogP contribution in [0.2, 0.25) is 0 Å². The molecule has 2 aromatic heterocycles. The third kappa shape index (κ3) is 4.48. The Hall–Kier alpha value is -6.45. The molecule has 10 rings (SSSR count). The summed E-state index contributed by atoms with van der Waals surface area (Å²) in [5, 5.41) is 4.87. The summed E-state index contributed by atoms with van der Waals surface area (Å²) < 4.78 is 2.38. The van der Waals surface area contributed by atoms with Crippen LogP contribution in [-0.2, 0) is 5.41 Å². The predicted molar refractivity (Wildman–Crippen MR) is 214 cm³/mol. The van der Waals surface area contributed by atoms with Crippen LogP contribution in [-0.4, -0.2) is 9.55 Å². The Kier molecular flexibility index (Phi) is 6.53. The van der Waals surface area contributed by atoms with Crippen LogP contribution in [0.3, 0.4) is 0 Å². The zero-order valence-electron chi connectivity index (χ0n) is 28.6. The number of hydrogen-bond donors (Lipinski definition) is 0. The molecule has 0 N–H and O–H groups in total. The number of para-hydroxylation sites is 2. The van der Waals surface area contributed by atoms with Crippen molar-refractivity contribution >= 4 is 49.6 Å². The highest BCUT2D eigenvalue weighted by atomic mass is 15.1. The Morgan fingerprint density at radius 2 is 1.10 bits per heavy atom. The lowest BCUT2D eigenvalue weighted by atomic mass is 9.82. The molecule has 1 aliphatic rings. The van der Waals surface area contributed by atoms with Crippen LogP contribution in [0.5, 0.6) is 0 Å². The summed E-state index contributed by atoms with van der Waals surface area (Å²) in [7, 11) is 0. The summed E-state index contributed by atoms with van der Waals surface area (Å²) >= 11 is 0. The van der Waals surface area contributed by atoms with Gasteiger partial charge in [0.1, 0.15) is 0 Å². The number of rotatable bonds is 5. The fourth-order valence-corrected chi connectivity index (χ4v) is 8.48. The van der Waals surface area contributed by atoms with Gasteiger partial charge in [-0.1, -0.05) is 111 Å². The number of pyridine rings is 1. The molecule has 9 aromatic rings. The van der Waals surface area contributed by atoms with Gasteiger partial charge in [-0.2, -0.15) is 0 Å². The van der Waals surface area contributed by atoms with E-state index in [4.69, 9.17) is 0 Å². The number of benzene rings is 7. The Bertz CT molecular complexity index is 2780. The average Bonchev–Trinajstić information content (AvgIpc) is 3.64. The summed E-state index contributed by atoms with van der Waals surface area (Å²) in [6.45, 7) is 4.71. The van der Waals surface area contributed by atoms with Crippen LogP contribution in [0.1, 0.15) is 25.0 Å². The van der Waals surface area contributed by atoms with E-state index in [2.05, 4.69) is 192 Å². The van der Waals surface area contributed by atoms with Crippen LogP contribution in [0.15, 0.2) is 176 Å². The van der Waals surface area contributed by atoms with Gasteiger partial charge in [-0.15, -0.1) is 0 Å². The number of aromatic nitrogens is 2. The lowest BCUT2D eigenvalue weighted by Gasteiger charge is -2.29. The molecule has 3 nitrogen and oxygen atoms in total. The first-order valence-electron chi connectivity index (χ1n) is 17.6. The third-order valence-electron chi connectivity index (χ3n) is 10.9. The first kappa shape index (κ1) is 29.5. The molecule has 51 heavy (non-hydrogen) atoms. The molecular formula is C48H35N3. The molecule has 0 fully saturated rings. The maximum atomic E-state index is 4.29. The van der Waals surface area contributed by atoms with E-state index in [-0.39, 0.29) is 5.41 Å². The predicted octanol–water partition coefficient (Wildman–Crippen LogP) is 12.8. The first-order valence-corrected chi connectivity index (χ1v) is 17.6. The van der Waals surface area contributed by atoms with Gasteiger partial charge in [0, 0.05) is 51.0 Å². The second-order valence-electron chi connectivity index (χ2n) is 14.0. The second kappa shape index (κ2) is 11.3. The minimum Gasteiger partial charge on any atom is -0.310 e. The maximum absolute atomic E-state index is 4.29. The molecular weight excluding hydrogens is 619 g/mol. The molecule has 0 spiro atoms. The summed E-state index contributed by atoms with van der Waals surface area (Å²) in [6.07, 6.45) is 3.74. The summed E-state index contributed by atoms with van der Waals surface area (Å²) in [5.74, 6) is 0. The summed E-state index contributed by atoms with van der Waals surface area (Å²) in [5.41, 5.74) is 14.6. The van der Waals surface area contributed by atoms with E-state index in [9.17, 15) is 0 Å². The summed E-state index contributed by atoms with van der Waals surface area (Å²) in [4.78, 5) is 6.75. The van der Waals surface area contributed by atoms with Gasteiger partial charge < -0.3 is 9.47 Å². The van der Waals surface area contributed by atoms with E-state index in [1.807, 2.05) is 12.4 Å². The third-order valence-corrected chi connectivity index (χ3v) is 10.9. The minimum atomic E-state index is -0.117. The van der Waals surface area contributed by atoms with Crippen molar-refractivity contribution in [2.45, 2.75) is 19.3 Å². The molecule has 0 unspecified atom stereocenters. The Morgan fingerprint density at radius 3 is 1.94 bits per heavy atom. The molecule has 0 amide bonds. The summed E-state index contributed by atoms with van der Waals surface area (Å²) in [6, 6.07) is 59.9. The van der Waals surface area contributed by atoms with Crippen molar-refractivity contribution in [3.63, 3.8) is 0 Å². The highest BCUT2D eigenvalue weighted by Crippen LogP contribution is 2.51. The van der Waals surface area contributed by atoms with E-state index in [1.165, 1.54) is 60.4 Å². The first-order chi connectivity index (χ1) is 25.1. The van der Waals surface area contributed by atoms with E-state index in [0.717, 1.165) is 28.3 Å². The van der Waals surface area contributed by atoms with Crippen molar-refractivity contribution in [3.05, 3.63) is 187 Å². The van der Waals surface area contributed by atoms with Crippen LogP contribution >= 0.6 is 0 Å². The molecule has 0 bridgehead atoms. The van der Waals surface area contributed by atoms with Gasteiger partial charge in [0.05, 0.1) is 16.7 Å². The SMILES string of the molecule is CC1(C)c2ccccc2-c2ccc(N(c3ccc4c(c3)c3ccccc3n4-c3ccccc3)c3ccc(-c4ccncc4)c4ccccc34)cc21. The van der Waals surface area contributed by atoms with Crippen molar-refractivity contribution in [1.29, 1.82) is 0 Å². The van der Waals surface area contributed by atoms with Crippen molar-refractivity contribution in [2.24, 2.45) is 0 Å². The lowest BCUT2D eigenvalue weighted by Crippen LogP contribution is -2.16. The van der Waals surface area contributed by atoms with Crippen molar-refractivity contribution in [2.75, 3.05) is 4.90 Å². The number of hydrogen-bond acceptors (Lipinski definition) is 2. The van der Waals surface area contributed by atoms with Crippen molar-refractivity contribution in [3.8, 4) is 27.9 Å². The zero-order valence-corrected chi connectivity index (χ0v) is 28.6. The van der Waals surface area contributed by atoms with Gasteiger partial charge in [0.15, 0.2) is 0 Å². The highest BCUT2D eigenvalue weighted by molar-refractivity contribution is 6.12. The Balaban J connectivity index is 1.24. The molecule has 0 aliphatic heterocycles. The molecule has 0 atom stereocenters. The maximum Gasteiger partial charge on any atom is 0.0542 e. The van der Waals surface area contributed by atoms with Crippen LogP contribution in [0, 0.1) is 0 Å².